The molecule has 0 N–H and O–H groups in total. The zero-order chi connectivity index (χ0) is 23.7. The van der Waals surface area contributed by atoms with Crippen molar-refractivity contribution in [3.05, 3.63) is 94.9 Å². The summed E-state index contributed by atoms with van der Waals surface area (Å²) in [6.07, 6.45) is 3.69. The Balaban J connectivity index is 1.48. The zero-order valence-corrected chi connectivity index (χ0v) is 19.2. The number of carbonyl (C=O) groups excluding carboxylic acids is 1. The lowest BCUT2D eigenvalue weighted by atomic mass is 10.0. The molecule has 0 spiro atoms. The van der Waals surface area contributed by atoms with Crippen LogP contribution >= 0.6 is 0 Å². The molecule has 0 amide bonds. The van der Waals surface area contributed by atoms with E-state index in [1.54, 1.807) is 12.4 Å². The monoisotopic (exact) mass is 449 g/mol. The summed E-state index contributed by atoms with van der Waals surface area (Å²) >= 11 is 0. The summed E-state index contributed by atoms with van der Waals surface area (Å²) in [5.74, 6) is 1.51. The van der Waals surface area contributed by atoms with Crippen molar-refractivity contribution in [2.45, 2.75) is 33.2 Å². The minimum atomic E-state index is -0.185. The molecule has 0 saturated carbocycles. The fraction of sp³-hybridized carbons (Fsp3) is 0.185. The van der Waals surface area contributed by atoms with Crippen molar-refractivity contribution in [3.63, 3.8) is 0 Å². The number of ether oxygens (including phenoxy) is 1. The quantitative estimate of drug-likeness (QED) is 0.312. The van der Waals surface area contributed by atoms with Crippen LogP contribution < -0.4 is 4.74 Å². The molecule has 0 fully saturated rings. The lowest BCUT2D eigenvalue weighted by Gasteiger charge is -2.13. The van der Waals surface area contributed by atoms with E-state index in [1.807, 2.05) is 75.4 Å². The Hall–Kier alpha value is -4.26. The SMILES string of the molecule is Cc1cccc(C(=O)Cc2ccc(C)c(Oc3nc(-c4cccnc4)nc4c3N=NC4C)c2)c1. The van der Waals surface area contributed by atoms with Crippen LogP contribution in [-0.2, 0) is 6.42 Å². The fourth-order valence-corrected chi connectivity index (χ4v) is 3.80. The molecule has 5 rings (SSSR count). The van der Waals surface area contributed by atoms with E-state index in [0.29, 0.717) is 34.4 Å². The molecule has 0 aliphatic carbocycles. The van der Waals surface area contributed by atoms with Gasteiger partial charge < -0.3 is 4.74 Å². The Labute approximate surface area is 197 Å². The molecular weight excluding hydrogens is 426 g/mol. The summed E-state index contributed by atoms with van der Waals surface area (Å²) in [5, 5.41) is 8.51. The molecule has 0 saturated heterocycles. The van der Waals surface area contributed by atoms with Gasteiger partial charge in [-0.15, -0.1) is 5.11 Å². The van der Waals surface area contributed by atoms with Crippen LogP contribution in [0.5, 0.6) is 11.6 Å². The van der Waals surface area contributed by atoms with Gasteiger partial charge in [0.25, 0.3) is 5.88 Å². The molecule has 2 aromatic heterocycles. The number of fused-ring (bicyclic) bond motifs is 1. The molecule has 7 heteroatoms. The predicted molar refractivity (Wildman–Crippen MR) is 129 cm³/mol. The maximum absolute atomic E-state index is 12.8. The molecule has 1 aliphatic heterocycles. The molecule has 4 aromatic rings. The highest BCUT2D eigenvalue weighted by molar-refractivity contribution is 5.97. The van der Waals surface area contributed by atoms with E-state index in [9.17, 15) is 4.79 Å². The van der Waals surface area contributed by atoms with Gasteiger partial charge in [0.2, 0.25) is 0 Å². The summed E-state index contributed by atoms with van der Waals surface area (Å²) in [5.41, 5.74) is 5.57. The maximum atomic E-state index is 12.8. The van der Waals surface area contributed by atoms with Crippen molar-refractivity contribution >= 4 is 11.5 Å². The van der Waals surface area contributed by atoms with Gasteiger partial charge in [-0.3, -0.25) is 9.78 Å². The summed E-state index contributed by atoms with van der Waals surface area (Å²) in [6.45, 7) is 5.86. The third-order valence-corrected chi connectivity index (χ3v) is 5.69. The number of benzene rings is 2. The predicted octanol–water partition coefficient (Wildman–Crippen LogP) is 6.53. The van der Waals surface area contributed by atoms with E-state index in [0.717, 1.165) is 22.3 Å². The Morgan fingerprint density at radius 2 is 1.91 bits per heavy atom. The molecule has 3 heterocycles. The molecule has 1 aliphatic rings. The number of hydrogen-bond donors (Lipinski definition) is 0. The summed E-state index contributed by atoms with van der Waals surface area (Å²) < 4.78 is 6.27. The second-order valence-corrected chi connectivity index (χ2v) is 8.39. The van der Waals surface area contributed by atoms with Crippen molar-refractivity contribution < 1.29 is 9.53 Å². The van der Waals surface area contributed by atoms with Gasteiger partial charge in [-0.05, 0) is 56.2 Å². The van der Waals surface area contributed by atoms with Crippen LogP contribution in [0.1, 0.15) is 45.7 Å². The Morgan fingerprint density at radius 1 is 1.03 bits per heavy atom. The molecule has 1 unspecified atom stereocenters. The van der Waals surface area contributed by atoms with Crippen molar-refractivity contribution in [2.24, 2.45) is 10.2 Å². The van der Waals surface area contributed by atoms with E-state index in [1.165, 1.54) is 0 Å². The topological polar surface area (TPSA) is 89.7 Å². The number of Topliss-reactive ketones (excluding diaryl/α,β-unsaturated/α-hetero) is 1. The molecule has 2 aromatic carbocycles. The highest BCUT2D eigenvalue weighted by atomic mass is 16.5. The summed E-state index contributed by atoms with van der Waals surface area (Å²) in [7, 11) is 0. The summed E-state index contributed by atoms with van der Waals surface area (Å²) in [4.78, 5) is 26.3. The minimum Gasteiger partial charge on any atom is -0.437 e. The molecule has 0 bridgehead atoms. The second kappa shape index (κ2) is 8.94. The van der Waals surface area contributed by atoms with Crippen molar-refractivity contribution in [3.8, 4) is 23.0 Å². The lowest BCUT2D eigenvalue weighted by Crippen LogP contribution is -2.04. The number of pyridine rings is 1. The average molecular weight is 450 g/mol. The molecule has 0 radical (unpaired) electrons. The smallest absolute Gasteiger partial charge is 0.251 e. The second-order valence-electron chi connectivity index (χ2n) is 8.39. The van der Waals surface area contributed by atoms with Gasteiger partial charge in [-0.2, -0.15) is 10.1 Å². The first kappa shape index (κ1) is 21.6. The number of aromatic nitrogens is 3. The molecular formula is C27H23N5O2. The maximum Gasteiger partial charge on any atom is 0.251 e. The van der Waals surface area contributed by atoms with Gasteiger partial charge in [0, 0.05) is 29.9 Å². The molecule has 168 valence electrons. The number of aryl methyl sites for hydroxylation is 2. The first-order valence-electron chi connectivity index (χ1n) is 11.1. The van der Waals surface area contributed by atoms with Crippen LogP contribution in [0.25, 0.3) is 11.4 Å². The van der Waals surface area contributed by atoms with Crippen LogP contribution in [0.4, 0.5) is 5.69 Å². The van der Waals surface area contributed by atoms with Crippen LogP contribution in [0.2, 0.25) is 0 Å². The van der Waals surface area contributed by atoms with Crippen LogP contribution in [0.3, 0.4) is 0 Å². The average Bonchev–Trinajstić information content (AvgIpc) is 3.22. The van der Waals surface area contributed by atoms with Gasteiger partial charge in [0.15, 0.2) is 17.3 Å². The van der Waals surface area contributed by atoms with E-state index in [4.69, 9.17) is 4.74 Å². The normalized spacial score (nSPS) is 14.1. The lowest BCUT2D eigenvalue weighted by molar-refractivity contribution is 0.0993. The van der Waals surface area contributed by atoms with E-state index >= 15 is 0 Å². The van der Waals surface area contributed by atoms with Crippen molar-refractivity contribution in [1.82, 2.24) is 15.0 Å². The van der Waals surface area contributed by atoms with Gasteiger partial charge in [-0.1, -0.05) is 35.9 Å². The highest BCUT2D eigenvalue weighted by Gasteiger charge is 2.26. The third-order valence-electron chi connectivity index (χ3n) is 5.69. The Bertz CT molecular complexity index is 1420. The zero-order valence-electron chi connectivity index (χ0n) is 19.2. The fourth-order valence-electron chi connectivity index (χ4n) is 3.80. The molecule has 34 heavy (non-hydrogen) atoms. The van der Waals surface area contributed by atoms with Crippen LogP contribution in [0.15, 0.2) is 77.2 Å². The summed E-state index contributed by atoms with van der Waals surface area (Å²) in [6, 6.07) is 17.0. The standard InChI is InChI=1S/C27H23N5O2/c1-16-6-4-7-20(12-16)22(33)13-19-10-9-17(2)23(14-19)34-27-25-24(18(3)31-32-25)29-26(30-27)21-8-5-11-28-15-21/h4-12,14-15,18H,13H2,1-3H3. The van der Waals surface area contributed by atoms with E-state index in [2.05, 4.69) is 25.2 Å². The minimum absolute atomic E-state index is 0.0583. The molecule has 1 atom stereocenters. The molecule has 7 nitrogen and oxygen atoms in total. The van der Waals surface area contributed by atoms with E-state index in [-0.39, 0.29) is 18.2 Å². The van der Waals surface area contributed by atoms with Crippen molar-refractivity contribution in [1.29, 1.82) is 0 Å². The number of nitrogens with zero attached hydrogens (tertiary/aromatic N) is 5. The number of carbonyl (C=O) groups is 1. The van der Waals surface area contributed by atoms with Gasteiger partial charge in [0.05, 0.1) is 0 Å². The van der Waals surface area contributed by atoms with Gasteiger partial charge in [-0.25, -0.2) is 4.98 Å². The van der Waals surface area contributed by atoms with Gasteiger partial charge in [0.1, 0.15) is 17.5 Å². The first-order valence-corrected chi connectivity index (χ1v) is 11.1. The largest absolute Gasteiger partial charge is 0.437 e. The number of ketones is 1. The Kier molecular flexibility index (Phi) is 5.67. The van der Waals surface area contributed by atoms with Crippen LogP contribution in [-0.4, -0.2) is 20.7 Å². The number of hydrogen-bond acceptors (Lipinski definition) is 7. The van der Waals surface area contributed by atoms with Crippen LogP contribution in [0, 0.1) is 13.8 Å². The third kappa shape index (κ3) is 4.32. The Morgan fingerprint density at radius 3 is 2.71 bits per heavy atom. The van der Waals surface area contributed by atoms with Gasteiger partial charge >= 0.3 is 0 Å². The number of rotatable bonds is 6. The first-order chi connectivity index (χ1) is 16.5. The number of azo groups is 1. The van der Waals surface area contributed by atoms with Crippen molar-refractivity contribution in [2.75, 3.05) is 0 Å². The van der Waals surface area contributed by atoms with E-state index < -0.39 is 0 Å². The highest BCUT2D eigenvalue weighted by Crippen LogP contribution is 2.43.